The Hall–Kier alpha value is -4.28. The molecule has 166 valence electrons. The van der Waals surface area contributed by atoms with Crippen molar-refractivity contribution >= 4 is 17.5 Å². The molecule has 3 N–H and O–H groups in total. The number of alkyl halides is 3. The first-order valence-corrected chi connectivity index (χ1v) is 8.94. The van der Waals surface area contributed by atoms with Gasteiger partial charge in [-0.1, -0.05) is 12.1 Å². The van der Waals surface area contributed by atoms with Crippen LogP contribution in [0.2, 0.25) is 0 Å². The Morgan fingerprint density at radius 3 is 2.44 bits per heavy atom. The normalized spacial score (nSPS) is 10.9. The summed E-state index contributed by atoms with van der Waals surface area (Å²) in [7, 11) is 1.25. The molecule has 0 aliphatic carbocycles. The number of nitrogens with zero attached hydrogens (tertiary/aromatic N) is 1. The van der Waals surface area contributed by atoms with Crippen molar-refractivity contribution in [3.63, 3.8) is 0 Å². The van der Waals surface area contributed by atoms with E-state index < -0.39 is 23.9 Å². The van der Waals surface area contributed by atoms with Gasteiger partial charge in [-0.05, 0) is 36.4 Å². The number of nitrogens with two attached hydrogens (primary N) is 1. The summed E-state index contributed by atoms with van der Waals surface area (Å²) in [5.41, 5.74) is 5.55. The van der Waals surface area contributed by atoms with Crippen LogP contribution in [0.4, 0.5) is 18.9 Å². The van der Waals surface area contributed by atoms with Gasteiger partial charge < -0.3 is 25.3 Å². The zero-order chi connectivity index (χ0) is 23.3. The highest BCUT2D eigenvalue weighted by atomic mass is 19.4. The van der Waals surface area contributed by atoms with E-state index in [9.17, 15) is 22.8 Å². The van der Waals surface area contributed by atoms with Gasteiger partial charge in [-0.2, -0.15) is 0 Å². The summed E-state index contributed by atoms with van der Waals surface area (Å²) < 4.78 is 52.0. The van der Waals surface area contributed by atoms with Crippen LogP contribution in [0.1, 0.15) is 20.8 Å². The van der Waals surface area contributed by atoms with Crippen LogP contribution in [0, 0.1) is 0 Å². The summed E-state index contributed by atoms with van der Waals surface area (Å²) in [5.74, 6) is -1.69. The Morgan fingerprint density at radius 2 is 1.75 bits per heavy atom. The maximum Gasteiger partial charge on any atom is 0.573 e. The van der Waals surface area contributed by atoms with E-state index in [4.69, 9.17) is 15.2 Å². The van der Waals surface area contributed by atoms with Gasteiger partial charge in [0.1, 0.15) is 17.2 Å². The van der Waals surface area contributed by atoms with E-state index in [-0.39, 0.29) is 34.2 Å². The van der Waals surface area contributed by atoms with Crippen LogP contribution in [0.5, 0.6) is 23.0 Å². The smallest absolute Gasteiger partial charge is 0.493 e. The Kier molecular flexibility index (Phi) is 6.47. The minimum absolute atomic E-state index is 0.0294. The van der Waals surface area contributed by atoms with Crippen molar-refractivity contribution in [3.8, 4) is 23.0 Å². The fourth-order valence-corrected chi connectivity index (χ4v) is 2.63. The van der Waals surface area contributed by atoms with Gasteiger partial charge in [0.15, 0.2) is 11.5 Å². The number of ether oxygens (including phenoxy) is 3. The van der Waals surface area contributed by atoms with Crippen LogP contribution in [-0.4, -0.2) is 30.3 Å². The highest BCUT2D eigenvalue weighted by Crippen LogP contribution is 2.37. The first-order chi connectivity index (χ1) is 15.2. The van der Waals surface area contributed by atoms with Crippen molar-refractivity contribution in [2.75, 3.05) is 12.4 Å². The molecule has 0 unspecified atom stereocenters. The molecule has 0 spiro atoms. The maximum atomic E-state index is 12.8. The average molecular weight is 447 g/mol. The average Bonchev–Trinajstić information content (AvgIpc) is 2.74. The first kappa shape index (κ1) is 22.4. The number of primary amides is 1. The molecule has 3 aromatic rings. The molecule has 0 saturated heterocycles. The molecule has 0 radical (unpaired) electrons. The van der Waals surface area contributed by atoms with Crippen LogP contribution in [0.25, 0.3) is 0 Å². The standard InChI is InChI=1S/C21H16F3N3O5/c1-30-18-11-13(32-21(22,23)24)6-7-17(18)31-16-5-3-2-4-14(16)20(29)27-12-8-9-26-15(10-12)19(25)28/h2-11H,1H3,(H2,25,28)(H,26,27,29). The number of hydrogen-bond donors (Lipinski definition) is 2. The number of amides is 2. The predicted molar refractivity (Wildman–Crippen MR) is 107 cm³/mol. The summed E-state index contributed by atoms with van der Waals surface area (Å²) in [6.07, 6.45) is -3.55. The highest BCUT2D eigenvalue weighted by Gasteiger charge is 2.31. The Labute approximate surface area is 179 Å². The fourth-order valence-electron chi connectivity index (χ4n) is 2.63. The van der Waals surface area contributed by atoms with Gasteiger partial charge in [-0.3, -0.25) is 14.6 Å². The van der Waals surface area contributed by atoms with E-state index in [1.54, 1.807) is 12.1 Å². The second-order valence-corrected chi connectivity index (χ2v) is 6.21. The number of halogens is 3. The van der Waals surface area contributed by atoms with Gasteiger partial charge in [0.25, 0.3) is 11.8 Å². The lowest BCUT2D eigenvalue weighted by molar-refractivity contribution is -0.274. The highest BCUT2D eigenvalue weighted by molar-refractivity contribution is 6.06. The quantitative estimate of drug-likeness (QED) is 0.563. The number of aromatic nitrogens is 1. The largest absolute Gasteiger partial charge is 0.573 e. The summed E-state index contributed by atoms with van der Waals surface area (Å²) in [6.45, 7) is 0. The fraction of sp³-hybridized carbons (Fsp3) is 0.0952. The minimum atomic E-state index is -4.86. The number of carbonyl (C=O) groups excluding carboxylic acids is 2. The molecule has 2 amide bonds. The van der Waals surface area contributed by atoms with Crippen LogP contribution in [0.15, 0.2) is 60.8 Å². The van der Waals surface area contributed by atoms with E-state index in [1.165, 1.54) is 43.6 Å². The molecule has 1 heterocycles. The Bertz CT molecular complexity index is 1150. The van der Waals surface area contributed by atoms with Crippen molar-refractivity contribution in [2.24, 2.45) is 5.73 Å². The lowest BCUT2D eigenvalue weighted by Crippen LogP contribution is -2.17. The van der Waals surface area contributed by atoms with Crippen molar-refractivity contribution in [2.45, 2.75) is 6.36 Å². The van der Waals surface area contributed by atoms with Gasteiger partial charge >= 0.3 is 6.36 Å². The van der Waals surface area contributed by atoms with Crippen LogP contribution in [0.3, 0.4) is 0 Å². The van der Waals surface area contributed by atoms with Gasteiger partial charge in [0.2, 0.25) is 0 Å². The van der Waals surface area contributed by atoms with Crippen LogP contribution >= 0.6 is 0 Å². The monoisotopic (exact) mass is 447 g/mol. The van der Waals surface area contributed by atoms with Crippen molar-refractivity contribution in [1.29, 1.82) is 0 Å². The number of hydrogen-bond acceptors (Lipinski definition) is 6. The van der Waals surface area contributed by atoms with Crippen LogP contribution in [-0.2, 0) is 0 Å². The number of methoxy groups -OCH3 is 1. The lowest BCUT2D eigenvalue weighted by Gasteiger charge is -2.15. The molecule has 8 nitrogen and oxygen atoms in total. The number of rotatable bonds is 7. The second kappa shape index (κ2) is 9.25. The molecule has 1 aromatic heterocycles. The molecule has 0 bridgehead atoms. The Morgan fingerprint density at radius 1 is 1.00 bits per heavy atom. The summed E-state index contributed by atoms with van der Waals surface area (Å²) in [6, 6.07) is 12.2. The molecule has 0 aliphatic heterocycles. The number of para-hydroxylation sites is 1. The third-order valence-electron chi connectivity index (χ3n) is 3.99. The van der Waals surface area contributed by atoms with E-state index in [2.05, 4.69) is 15.0 Å². The van der Waals surface area contributed by atoms with Gasteiger partial charge in [-0.25, -0.2) is 0 Å². The zero-order valence-electron chi connectivity index (χ0n) is 16.5. The van der Waals surface area contributed by atoms with Crippen LogP contribution < -0.4 is 25.3 Å². The zero-order valence-corrected chi connectivity index (χ0v) is 16.5. The van der Waals surface area contributed by atoms with E-state index >= 15 is 0 Å². The predicted octanol–water partition coefficient (Wildman–Crippen LogP) is 4.13. The van der Waals surface area contributed by atoms with E-state index in [0.717, 1.165) is 12.1 Å². The molecule has 0 saturated carbocycles. The van der Waals surface area contributed by atoms with Gasteiger partial charge in [0, 0.05) is 18.0 Å². The molecule has 0 atom stereocenters. The molecule has 0 fully saturated rings. The SMILES string of the molecule is COc1cc(OC(F)(F)F)ccc1Oc1ccccc1C(=O)Nc1ccnc(C(N)=O)c1. The number of carbonyl (C=O) groups is 2. The molecule has 32 heavy (non-hydrogen) atoms. The lowest BCUT2D eigenvalue weighted by atomic mass is 10.1. The molecular formula is C21H16F3N3O5. The van der Waals surface area contributed by atoms with Crippen molar-refractivity contribution in [3.05, 3.63) is 72.1 Å². The number of pyridine rings is 1. The third kappa shape index (κ3) is 5.65. The third-order valence-corrected chi connectivity index (χ3v) is 3.99. The van der Waals surface area contributed by atoms with Crippen molar-refractivity contribution < 1.29 is 37.0 Å². The van der Waals surface area contributed by atoms with E-state index in [1.807, 2.05) is 0 Å². The molecule has 0 aliphatic rings. The molecule has 11 heteroatoms. The maximum absolute atomic E-state index is 12.8. The summed E-state index contributed by atoms with van der Waals surface area (Å²) >= 11 is 0. The van der Waals surface area contributed by atoms with Crippen molar-refractivity contribution in [1.82, 2.24) is 4.98 Å². The first-order valence-electron chi connectivity index (χ1n) is 8.94. The van der Waals surface area contributed by atoms with E-state index in [0.29, 0.717) is 0 Å². The van der Waals surface area contributed by atoms with Gasteiger partial charge in [-0.15, -0.1) is 13.2 Å². The van der Waals surface area contributed by atoms with Gasteiger partial charge in [0.05, 0.1) is 12.7 Å². The second-order valence-electron chi connectivity index (χ2n) is 6.21. The number of benzene rings is 2. The summed E-state index contributed by atoms with van der Waals surface area (Å²) in [5, 5.41) is 2.60. The molecular weight excluding hydrogens is 431 g/mol. The summed E-state index contributed by atoms with van der Waals surface area (Å²) in [4.78, 5) is 27.8. The topological polar surface area (TPSA) is 113 Å². The number of nitrogens with one attached hydrogen (secondary N) is 1. The molecule has 2 aromatic carbocycles. The molecule has 3 rings (SSSR count). The minimum Gasteiger partial charge on any atom is -0.493 e. The Balaban J connectivity index is 1.85. The number of anilines is 1.